The molecule has 2 atom stereocenters. The predicted octanol–water partition coefficient (Wildman–Crippen LogP) is 4.49. The molecule has 0 aliphatic carbocycles. The number of carbonyl (C=O) groups excluding carboxylic acids is 2. The summed E-state index contributed by atoms with van der Waals surface area (Å²) in [5, 5.41) is 5.92. The van der Waals surface area contributed by atoms with Gasteiger partial charge in [-0.1, -0.05) is 18.5 Å². The molecule has 8 nitrogen and oxygen atoms in total. The van der Waals surface area contributed by atoms with Gasteiger partial charge in [-0.25, -0.2) is 14.2 Å². The minimum atomic E-state index is -0.823. The number of nitrogens with one attached hydrogen (secondary N) is 2. The average Bonchev–Trinajstić information content (AvgIpc) is 3.49. The van der Waals surface area contributed by atoms with Crippen molar-refractivity contribution < 1.29 is 18.7 Å². The molecule has 0 spiro atoms. The number of halogens is 2. The molecule has 2 N–H and O–H groups in total. The molecule has 0 radical (unpaired) electrons. The number of aryl methyl sites for hydroxylation is 1. The maximum atomic E-state index is 14.9. The van der Waals surface area contributed by atoms with Gasteiger partial charge in [0, 0.05) is 61.4 Å². The molecule has 34 heavy (non-hydrogen) atoms. The highest BCUT2D eigenvalue weighted by Crippen LogP contribution is 2.25. The molecule has 1 fully saturated rings. The third-order valence-electron chi connectivity index (χ3n) is 5.78. The summed E-state index contributed by atoms with van der Waals surface area (Å²) in [6, 6.07) is 9.92. The van der Waals surface area contributed by atoms with Crippen LogP contribution in [-0.4, -0.2) is 52.2 Å². The summed E-state index contributed by atoms with van der Waals surface area (Å²) >= 11 is 5.89. The van der Waals surface area contributed by atoms with Gasteiger partial charge in [-0.05, 0) is 36.4 Å². The molecular formula is C24H25ClFN5O3. The fraction of sp³-hybridized carbons (Fsp3) is 0.292. The molecule has 178 valence electrons. The second-order valence-electron chi connectivity index (χ2n) is 7.92. The molecular weight excluding hydrogens is 461 g/mol. The zero-order valence-electron chi connectivity index (χ0n) is 18.8. The van der Waals surface area contributed by atoms with E-state index in [1.54, 1.807) is 47.3 Å². The lowest BCUT2D eigenvalue weighted by Gasteiger charge is -2.24. The zero-order valence-corrected chi connectivity index (χ0v) is 19.6. The van der Waals surface area contributed by atoms with Crippen molar-refractivity contribution in [2.45, 2.75) is 31.9 Å². The van der Waals surface area contributed by atoms with Crippen LogP contribution < -0.4 is 10.6 Å². The van der Waals surface area contributed by atoms with Crippen molar-refractivity contribution in [3.8, 4) is 5.69 Å². The number of amides is 3. The molecule has 0 unspecified atom stereocenters. The first-order valence-electron chi connectivity index (χ1n) is 10.9. The van der Waals surface area contributed by atoms with Crippen LogP contribution in [0.4, 0.5) is 20.6 Å². The monoisotopic (exact) mass is 485 g/mol. The number of hydrogen-bond acceptors (Lipinski definition) is 4. The first kappa shape index (κ1) is 23.7. The Balaban J connectivity index is 1.49. The van der Waals surface area contributed by atoms with E-state index in [1.165, 1.54) is 24.1 Å². The van der Waals surface area contributed by atoms with Crippen molar-refractivity contribution in [2.24, 2.45) is 0 Å². The molecule has 2 heterocycles. The standard InChI is InChI=1S/C24H25ClFN5O3/c1-3-22-27-10-11-30(22)17-8-9-20(19(26)12-17)29-23(32)21-13-18(34-2)14-31(21)24(33)28-16-6-4-15(25)5-7-16/h4-12,18,21H,3,13-14H2,1-2H3,(H,28,33)(H,29,32)/t18-,21-/m1/s1. The second-order valence-corrected chi connectivity index (χ2v) is 8.36. The predicted molar refractivity (Wildman–Crippen MR) is 128 cm³/mol. The molecule has 3 amide bonds. The van der Waals surface area contributed by atoms with Gasteiger partial charge in [0.1, 0.15) is 17.7 Å². The number of rotatable bonds is 6. The highest BCUT2D eigenvalue weighted by atomic mass is 35.5. The van der Waals surface area contributed by atoms with Crippen molar-refractivity contribution in [3.05, 3.63) is 71.5 Å². The molecule has 0 bridgehead atoms. The number of ether oxygens (including phenoxy) is 1. The molecule has 4 rings (SSSR count). The molecule has 0 saturated carbocycles. The SMILES string of the molecule is CCc1nccn1-c1ccc(NC(=O)[C@H]2C[C@@H](OC)CN2C(=O)Nc2ccc(Cl)cc2)c(F)c1. The van der Waals surface area contributed by atoms with Crippen LogP contribution in [0.15, 0.2) is 54.9 Å². The maximum absolute atomic E-state index is 14.9. The molecule has 1 aromatic heterocycles. The average molecular weight is 486 g/mol. The number of aromatic nitrogens is 2. The largest absolute Gasteiger partial charge is 0.380 e. The van der Waals surface area contributed by atoms with Crippen LogP contribution in [0, 0.1) is 5.82 Å². The van der Waals surface area contributed by atoms with Crippen LogP contribution in [0.2, 0.25) is 5.02 Å². The van der Waals surface area contributed by atoms with Gasteiger partial charge in [-0.3, -0.25) is 4.79 Å². The smallest absolute Gasteiger partial charge is 0.322 e. The maximum Gasteiger partial charge on any atom is 0.322 e. The lowest BCUT2D eigenvalue weighted by Crippen LogP contribution is -2.45. The highest BCUT2D eigenvalue weighted by Gasteiger charge is 2.40. The number of urea groups is 1. The summed E-state index contributed by atoms with van der Waals surface area (Å²) in [6.45, 7) is 2.20. The van der Waals surface area contributed by atoms with Crippen molar-refractivity contribution in [1.29, 1.82) is 0 Å². The Morgan fingerprint density at radius 3 is 2.65 bits per heavy atom. The first-order valence-corrected chi connectivity index (χ1v) is 11.3. The summed E-state index contributed by atoms with van der Waals surface area (Å²) in [7, 11) is 1.53. The third kappa shape index (κ3) is 5.05. The van der Waals surface area contributed by atoms with Crippen LogP contribution in [0.3, 0.4) is 0 Å². The summed E-state index contributed by atoms with van der Waals surface area (Å²) in [5.41, 5.74) is 1.18. The van der Waals surface area contributed by atoms with Crippen molar-refractivity contribution >= 4 is 34.9 Å². The third-order valence-corrected chi connectivity index (χ3v) is 6.03. The minimum Gasteiger partial charge on any atom is -0.380 e. The summed E-state index contributed by atoms with van der Waals surface area (Å²) in [6.07, 6.45) is 4.09. The minimum absolute atomic E-state index is 0.0332. The van der Waals surface area contributed by atoms with Crippen LogP contribution in [-0.2, 0) is 16.0 Å². The summed E-state index contributed by atoms with van der Waals surface area (Å²) in [4.78, 5) is 31.6. The van der Waals surface area contributed by atoms with Crippen molar-refractivity contribution in [1.82, 2.24) is 14.5 Å². The van der Waals surface area contributed by atoms with E-state index in [4.69, 9.17) is 16.3 Å². The fourth-order valence-electron chi connectivity index (χ4n) is 3.97. The van der Waals surface area contributed by atoms with Crippen LogP contribution in [0.25, 0.3) is 5.69 Å². The van der Waals surface area contributed by atoms with Gasteiger partial charge in [0.15, 0.2) is 0 Å². The molecule has 1 aliphatic rings. The van der Waals surface area contributed by atoms with Gasteiger partial charge >= 0.3 is 6.03 Å². The number of benzene rings is 2. The number of anilines is 2. The van der Waals surface area contributed by atoms with Crippen molar-refractivity contribution in [3.63, 3.8) is 0 Å². The lowest BCUT2D eigenvalue weighted by atomic mass is 10.1. The van der Waals surface area contributed by atoms with E-state index in [0.29, 0.717) is 29.2 Å². The molecule has 2 aromatic carbocycles. The lowest BCUT2D eigenvalue weighted by molar-refractivity contribution is -0.119. The Hall–Kier alpha value is -3.43. The van der Waals surface area contributed by atoms with Crippen LogP contribution >= 0.6 is 11.6 Å². The fourth-order valence-corrected chi connectivity index (χ4v) is 4.10. The zero-order chi connectivity index (χ0) is 24.2. The molecule has 10 heteroatoms. The van der Waals surface area contributed by atoms with Gasteiger partial charge < -0.3 is 24.8 Å². The van der Waals surface area contributed by atoms with Gasteiger partial charge in [0.25, 0.3) is 0 Å². The van der Waals surface area contributed by atoms with E-state index in [2.05, 4.69) is 15.6 Å². The van der Waals surface area contributed by atoms with Crippen molar-refractivity contribution in [2.75, 3.05) is 24.3 Å². The Morgan fingerprint density at radius 2 is 1.97 bits per heavy atom. The van der Waals surface area contributed by atoms with Gasteiger partial charge in [-0.2, -0.15) is 0 Å². The van der Waals surface area contributed by atoms with E-state index in [-0.39, 0.29) is 18.3 Å². The quantitative estimate of drug-likeness (QED) is 0.538. The normalized spacial score (nSPS) is 17.6. The van der Waals surface area contributed by atoms with Crippen LogP contribution in [0.1, 0.15) is 19.2 Å². The topological polar surface area (TPSA) is 88.5 Å². The Morgan fingerprint density at radius 1 is 1.21 bits per heavy atom. The van der Waals surface area contributed by atoms with E-state index < -0.39 is 23.8 Å². The number of hydrogen-bond donors (Lipinski definition) is 2. The van der Waals surface area contributed by atoms with Gasteiger partial charge in [-0.15, -0.1) is 0 Å². The Labute approximate surface area is 201 Å². The number of nitrogens with zero attached hydrogens (tertiary/aromatic N) is 3. The van der Waals surface area contributed by atoms with Crippen LogP contribution in [0.5, 0.6) is 0 Å². The Bertz CT molecular complexity index is 1180. The number of methoxy groups -OCH3 is 1. The molecule has 1 saturated heterocycles. The van der Waals surface area contributed by atoms with Gasteiger partial charge in [0.05, 0.1) is 11.8 Å². The molecule has 1 aliphatic heterocycles. The van der Waals surface area contributed by atoms with E-state index in [0.717, 1.165) is 5.82 Å². The summed E-state index contributed by atoms with van der Waals surface area (Å²) in [5.74, 6) is -0.274. The highest BCUT2D eigenvalue weighted by molar-refractivity contribution is 6.30. The number of imidazole rings is 1. The second kappa shape index (κ2) is 10.2. The first-order chi connectivity index (χ1) is 16.4. The molecule has 3 aromatic rings. The van der Waals surface area contributed by atoms with Gasteiger partial charge in [0.2, 0.25) is 5.91 Å². The number of carbonyl (C=O) groups is 2. The summed E-state index contributed by atoms with van der Waals surface area (Å²) < 4.78 is 22.0. The van der Waals surface area contributed by atoms with E-state index in [9.17, 15) is 14.0 Å². The van der Waals surface area contributed by atoms with E-state index >= 15 is 0 Å². The van der Waals surface area contributed by atoms with E-state index in [1.807, 2.05) is 6.92 Å². The Kier molecular flexibility index (Phi) is 7.14. The number of likely N-dealkylation sites (tertiary alicyclic amines) is 1.